The van der Waals surface area contributed by atoms with Crippen molar-refractivity contribution in [3.8, 4) is 0 Å². The third kappa shape index (κ3) is 3.68. The summed E-state index contributed by atoms with van der Waals surface area (Å²) in [5.41, 5.74) is 0. The Kier molecular flexibility index (Phi) is 3.60. The summed E-state index contributed by atoms with van der Waals surface area (Å²) in [6.45, 7) is 5.98. The molecule has 0 aliphatic heterocycles. The Morgan fingerprint density at radius 1 is 1.62 bits per heavy atom. The molecule has 1 rings (SSSR count). The summed E-state index contributed by atoms with van der Waals surface area (Å²) in [5, 5.41) is 5.91. The number of hydrogen-bond donors (Lipinski definition) is 2. The highest BCUT2D eigenvalue weighted by Crippen LogP contribution is 2.25. The molecule has 0 bridgehead atoms. The zero-order valence-corrected chi connectivity index (χ0v) is 8.53. The minimum Gasteiger partial charge on any atom is -0.335 e. The molecule has 2 N–H and O–H groups in total. The fraction of sp³-hybridized carbons (Fsp3) is 0.667. The lowest BCUT2D eigenvalue weighted by molar-refractivity contribution is 0.211. The highest BCUT2D eigenvalue weighted by molar-refractivity contribution is 6.29. The van der Waals surface area contributed by atoms with E-state index in [1.165, 1.54) is 0 Å². The molecule has 0 radical (unpaired) electrons. The van der Waals surface area contributed by atoms with Crippen LogP contribution in [0.5, 0.6) is 0 Å². The van der Waals surface area contributed by atoms with Crippen LogP contribution in [0.15, 0.2) is 11.6 Å². The molecule has 13 heavy (non-hydrogen) atoms. The van der Waals surface area contributed by atoms with Gasteiger partial charge in [0.05, 0.1) is 6.54 Å². The van der Waals surface area contributed by atoms with Crippen molar-refractivity contribution in [1.82, 2.24) is 10.6 Å². The molecule has 1 aliphatic carbocycles. The van der Waals surface area contributed by atoms with Crippen LogP contribution in [0.3, 0.4) is 0 Å². The summed E-state index contributed by atoms with van der Waals surface area (Å²) in [5.74, 6) is 0.744. The van der Waals surface area contributed by atoms with Gasteiger partial charge in [0.25, 0.3) is 0 Å². The van der Waals surface area contributed by atoms with Gasteiger partial charge in [0, 0.05) is 11.1 Å². The average Bonchev–Trinajstić information content (AvgIpc) is 1.98. The topological polar surface area (TPSA) is 41.1 Å². The van der Waals surface area contributed by atoms with Crippen LogP contribution in [0.1, 0.15) is 19.8 Å². The van der Waals surface area contributed by atoms with Crippen LogP contribution in [0.2, 0.25) is 0 Å². The van der Waals surface area contributed by atoms with Crippen LogP contribution in [-0.2, 0) is 0 Å². The maximum absolute atomic E-state index is 11.1. The molecule has 0 aromatic rings. The molecule has 0 atom stereocenters. The molecule has 0 unspecified atom stereocenters. The van der Waals surface area contributed by atoms with Crippen molar-refractivity contribution < 1.29 is 4.79 Å². The first-order chi connectivity index (χ1) is 6.08. The minimum absolute atomic E-state index is 0.154. The second-order valence-electron chi connectivity index (χ2n) is 3.62. The van der Waals surface area contributed by atoms with Crippen LogP contribution in [0.4, 0.5) is 4.79 Å². The lowest BCUT2D eigenvalue weighted by atomic mass is 9.82. The molecule has 1 saturated carbocycles. The van der Waals surface area contributed by atoms with Crippen LogP contribution in [0.25, 0.3) is 0 Å². The first-order valence-electron chi connectivity index (χ1n) is 4.45. The Balaban J connectivity index is 2.08. The monoisotopic (exact) mass is 202 g/mol. The number of carbonyl (C=O) groups is 1. The highest BCUT2D eigenvalue weighted by Gasteiger charge is 2.26. The predicted octanol–water partition coefficient (Wildman–Crippen LogP) is 1.84. The van der Waals surface area contributed by atoms with E-state index in [2.05, 4.69) is 24.1 Å². The summed E-state index contributed by atoms with van der Waals surface area (Å²) in [6.07, 6.45) is 2.16. The molecular formula is C9H15ClN2O. The van der Waals surface area contributed by atoms with Crippen LogP contribution >= 0.6 is 11.6 Å². The van der Waals surface area contributed by atoms with Crippen LogP contribution in [0, 0.1) is 5.92 Å². The molecule has 1 fully saturated rings. The van der Waals surface area contributed by atoms with Crippen molar-refractivity contribution in [3.05, 3.63) is 11.6 Å². The Hall–Kier alpha value is -0.700. The second kappa shape index (κ2) is 4.51. The number of carbonyl (C=O) groups excluding carboxylic acids is 1. The van der Waals surface area contributed by atoms with E-state index in [0.717, 1.165) is 18.8 Å². The summed E-state index contributed by atoms with van der Waals surface area (Å²) < 4.78 is 0. The van der Waals surface area contributed by atoms with Crippen molar-refractivity contribution in [2.75, 3.05) is 6.54 Å². The van der Waals surface area contributed by atoms with E-state index in [0.29, 0.717) is 17.6 Å². The maximum Gasteiger partial charge on any atom is 0.315 e. The number of nitrogens with one attached hydrogen (secondary N) is 2. The fourth-order valence-electron chi connectivity index (χ4n) is 1.43. The molecule has 3 nitrogen and oxygen atoms in total. The van der Waals surface area contributed by atoms with E-state index in [1.54, 1.807) is 0 Å². The maximum atomic E-state index is 11.1. The Morgan fingerprint density at radius 3 is 2.69 bits per heavy atom. The minimum atomic E-state index is -0.154. The first kappa shape index (κ1) is 10.4. The van der Waals surface area contributed by atoms with E-state index >= 15 is 0 Å². The number of halogens is 1. The first-order valence-corrected chi connectivity index (χ1v) is 4.83. The number of urea groups is 1. The van der Waals surface area contributed by atoms with Gasteiger partial charge in [-0.15, -0.1) is 0 Å². The molecule has 74 valence electrons. The molecule has 0 saturated heterocycles. The Morgan fingerprint density at radius 2 is 2.23 bits per heavy atom. The van der Waals surface area contributed by atoms with Gasteiger partial charge in [-0.3, -0.25) is 0 Å². The third-order valence-electron chi connectivity index (χ3n) is 2.15. The van der Waals surface area contributed by atoms with Gasteiger partial charge < -0.3 is 10.6 Å². The molecular weight excluding hydrogens is 188 g/mol. The average molecular weight is 203 g/mol. The Bertz CT molecular complexity index is 212. The van der Waals surface area contributed by atoms with E-state index in [4.69, 9.17) is 11.6 Å². The van der Waals surface area contributed by atoms with E-state index in [-0.39, 0.29) is 6.03 Å². The van der Waals surface area contributed by atoms with Crippen molar-refractivity contribution in [2.45, 2.75) is 25.8 Å². The number of amides is 2. The SMILES string of the molecule is C=C(Cl)CNC(=O)NC1CC(C)C1. The van der Waals surface area contributed by atoms with Gasteiger partial charge >= 0.3 is 6.03 Å². The number of rotatable bonds is 3. The largest absolute Gasteiger partial charge is 0.335 e. The van der Waals surface area contributed by atoms with Gasteiger partial charge in [0.1, 0.15) is 0 Å². The second-order valence-corrected chi connectivity index (χ2v) is 4.15. The standard InChI is InChI=1S/C9H15ClN2O/c1-6-3-8(4-6)12-9(13)11-5-7(2)10/h6,8H,2-5H2,1H3,(H2,11,12,13). The third-order valence-corrected chi connectivity index (χ3v) is 2.28. The smallest absolute Gasteiger partial charge is 0.315 e. The van der Waals surface area contributed by atoms with Gasteiger partial charge in [0.2, 0.25) is 0 Å². The van der Waals surface area contributed by atoms with Gasteiger partial charge in [-0.1, -0.05) is 25.1 Å². The van der Waals surface area contributed by atoms with Crippen LogP contribution < -0.4 is 10.6 Å². The van der Waals surface area contributed by atoms with E-state index < -0.39 is 0 Å². The predicted molar refractivity (Wildman–Crippen MR) is 53.7 cm³/mol. The van der Waals surface area contributed by atoms with Crippen LogP contribution in [-0.4, -0.2) is 18.6 Å². The van der Waals surface area contributed by atoms with E-state index in [9.17, 15) is 4.79 Å². The molecule has 0 aromatic heterocycles. The number of hydrogen-bond acceptors (Lipinski definition) is 1. The normalized spacial score (nSPS) is 26.0. The van der Waals surface area contributed by atoms with Crippen molar-refractivity contribution in [2.24, 2.45) is 5.92 Å². The lowest BCUT2D eigenvalue weighted by Gasteiger charge is -2.33. The van der Waals surface area contributed by atoms with Crippen molar-refractivity contribution in [3.63, 3.8) is 0 Å². The molecule has 4 heteroatoms. The van der Waals surface area contributed by atoms with Gasteiger partial charge in [-0.05, 0) is 18.8 Å². The summed E-state index contributed by atoms with van der Waals surface area (Å²) in [7, 11) is 0. The molecule has 2 amide bonds. The zero-order valence-electron chi connectivity index (χ0n) is 7.77. The molecule has 0 aromatic carbocycles. The summed E-state index contributed by atoms with van der Waals surface area (Å²) in [4.78, 5) is 11.1. The van der Waals surface area contributed by atoms with Crippen molar-refractivity contribution >= 4 is 17.6 Å². The quantitative estimate of drug-likeness (QED) is 0.721. The van der Waals surface area contributed by atoms with Gasteiger partial charge in [-0.2, -0.15) is 0 Å². The van der Waals surface area contributed by atoms with E-state index in [1.807, 2.05) is 0 Å². The summed E-state index contributed by atoms with van der Waals surface area (Å²) in [6, 6.07) is 0.192. The zero-order chi connectivity index (χ0) is 9.84. The lowest BCUT2D eigenvalue weighted by Crippen LogP contribution is -2.47. The van der Waals surface area contributed by atoms with Gasteiger partial charge in [-0.25, -0.2) is 4.79 Å². The summed E-state index contributed by atoms with van der Waals surface area (Å²) >= 11 is 5.49. The van der Waals surface area contributed by atoms with Crippen molar-refractivity contribution in [1.29, 1.82) is 0 Å². The Labute approximate surface area is 83.5 Å². The molecule has 0 heterocycles. The fourth-order valence-corrected chi connectivity index (χ4v) is 1.50. The van der Waals surface area contributed by atoms with Gasteiger partial charge in [0.15, 0.2) is 0 Å². The molecule has 0 spiro atoms. The molecule has 1 aliphatic rings. The highest BCUT2D eigenvalue weighted by atomic mass is 35.5.